The van der Waals surface area contributed by atoms with Gasteiger partial charge in [-0.3, -0.25) is 4.90 Å². The van der Waals surface area contributed by atoms with Gasteiger partial charge in [0, 0.05) is 25.2 Å². The van der Waals surface area contributed by atoms with Crippen LogP contribution in [-0.4, -0.2) is 36.6 Å². The molecule has 3 unspecified atom stereocenters. The lowest BCUT2D eigenvalue weighted by atomic mass is 9.87. The summed E-state index contributed by atoms with van der Waals surface area (Å²) in [6, 6.07) is 1.52. The van der Waals surface area contributed by atoms with Crippen LogP contribution in [-0.2, 0) is 0 Å². The van der Waals surface area contributed by atoms with Crippen LogP contribution >= 0.6 is 0 Å². The SMILES string of the molecule is CCC(C)N1CC(CC2CC2)CC(NCC2CCCCC2)C1. The summed E-state index contributed by atoms with van der Waals surface area (Å²) < 4.78 is 0. The Morgan fingerprint density at radius 2 is 1.73 bits per heavy atom. The molecule has 2 heteroatoms. The van der Waals surface area contributed by atoms with Crippen LogP contribution in [0.5, 0.6) is 0 Å². The summed E-state index contributed by atoms with van der Waals surface area (Å²) in [6.07, 6.45) is 14.6. The van der Waals surface area contributed by atoms with Gasteiger partial charge in [-0.1, -0.05) is 39.0 Å². The topological polar surface area (TPSA) is 15.3 Å². The van der Waals surface area contributed by atoms with Crippen LogP contribution in [0.1, 0.15) is 78.1 Å². The summed E-state index contributed by atoms with van der Waals surface area (Å²) in [5.74, 6) is 3.01. The minimum Gasteiger partial charge on any atom is -0.312 e. The van der Waals surface area contributed by atoms with Crippen molar-refractivity contribution in [2.24, 2.45) is 17.8 Å². The second-order valence-electron chi connectivity index (χ2n) is 8.60. The van der Waals surface area contributed by atoms with E-state index in [1.165, 1.54) is 83.8 Å². The number of hydrogen-bond donors (Lipinski definition) is 1. The van der Waals surface area contributed by atoms with Crippen molar-refractivity contribution in [3.05, 3.63) is 0 Å². The molecule has 1 saturated heterocycles. The minimum absolute atomic E-state index is 0.758. The molecule has 1 heterocycles. The molecule has 22 heavy (non-hydrogen) atoms. The van der Waals surface area contributed by atoms with Crippen molar-refractivity contribution in [2.75, 3.05) is 19.6 Å². The monoisotopic (exact) mass is 306 g/mol. The van der Waals surface area contributed by atoms with Gasteiger partial charge < -0.3 is 5.32 Å². The second kappa shape index (κ2) is 8.15. The molecule has 3 aliphatic rings. The first-order chi connectivity index (χ1) is 10.7. The van der Waals surface area contributed by atoms with Crippen molar-refractivity contribution < 1.29 is 0 Å². The number of piperidine rings is 1. The minimum atomic E-state index is 0.758. The zero-order valence-corrected chi connectivity index (χ0v) is 15.0. The van der Waals surface area contributed by atoms with Gasteiger partial charge in [0.1, 0.15) is 0 Å². The molecular formula is C20H38N2. The summed E-state index contributed by atoms with van der Waals surface area (Å²) >= 11 is 0. The third-order valence-corrected chi connectivity index (χ3v) is 6.56. The first-order valence-corrected chi connectivity index (χ1v) is 10.2. The fraction of sp³-hybridized carbons (Fsp3) is 1.00. The summed E-state index contributed by atoms with van der Waals surface area (Å²) in [7, 11) is 0. The maximum Gasteiger partial charge on any atom is 0.0198 e. The van der Waals surface area contributed by atoms with Crippen LogP contribution in [0.4, 0.5) is 0 Å². The van der Waals surface area contributed by atoms with E-state index in [1.54, 1.807) is 0 Å². The smallest absolute Gasteiger partial charge is 0.0198 e. The Morgan fingerprint density at radius 1 is 0.955 bits per heavy atom. The zero-order valence-electron chi connectivity index (χ0n) is 15.0. The molecule has 2 aliphatic carbocycles. The molecule has 128 valence electrons. The van der Waals surface area contributed by atoms with Crippen LogP contribution in [0.15, 0.2) is 0 Å². The van der Waals surface area contributed by atoms with E-state index in [0.717, 1.165) is 29.8 Å². The average molecular weight is 307 g/mol. The Bertz CT molecular complexity index is 320. The largest absolute Gasteiger partial charge is 0.312 e. The van der Waals surface area contributed by atoms with E-state index in [9.17, 15) is 0 Å². The molecule has 0 spiro atoms. The van der Waals surface area contributed by atoms with E-state index < -0.39 is 0 Å². The van der Waals surface area contributed by atoms with E-state index in [4.69, 9.17) is 0 Å². The first-order valence-electron chi connectivity index (χ1n) is 10.2. The Labute approximate surface area is 138 Å². The van der Waals surface area contributed by atoms with Crippen LogP contribution in [0.25, 0.3) is 0 Å². The Morgan fingerprint density at radius 3 is 2.41 bits per heavy atom. The van der Waals surface area contributed by atoms with Crippen molar-refractivity contribution in [1.29, 1.82) is 0 Å². The number of nitrogens with zero attached hydrogens (tertiary/aromatic N) is 1. The Balaban J connectivity index is 1.49. The van der Waals surface area contributed by atoms with E-state index in [1.807, 2.05) is 0 Å². The van der Waals surface area contributed by atoms with Gasteiger partial charge in [0.05, 0.1) is 0 Å². The molecule has 0 amide bonds. The summed E-state index contributed by atoms with van der Waals surface area (Å²) in [5, 5.41) is 3.98. The molecule has 1 N–H and O–H groups in total. The molecule has 2 saturated carbocycles. The molecule has 1 aliphatic heterocycles. The third-order valence-electron chi connectivity index (χ3n) is 6.56. The Kier molecular flexibility index (Phi) is 6.21. The third kappa shape index (κ3) is 4.96. The van der Waals surface area contributed by atoms with Gasteiger partial charge in [-0.25, -0.2) is 0 Å². The second-order valence-corrected chi connectivity index (χ2v) is 8.60. The number of rotatable bonds is 7. The summed E-state index contributed by atoms with van der Waals surface area (Å²) in [4.78, 5) is 2.79. The van der Waals surface area contributed by atoms with Gasteiger partial charge in [0.2, 0.25) is 0 Å². The molecule has 3 fully saturated rings. The molecule has 0 radical (unpaired) electrons. The van der Waals surface area contributed by atoms with E-state index in [2.05, 4.69) is 24.1 Å². The van der Waals surface area contributed by atoms with Gasteiger partial charge in [0.25, 0.3) is 0 Å². The lowest BCUT2D eigenvalue weighted by Crippen LogP contribution is -2.52. The molecule has 0 aromatic carbocycles. The van der Waals surface area contributed by atoms with Crippen molar-refractivity contribution in [2.45, 2.75) is 90.1 Å². The van der Waals surface area contributed by atoms with E-state index >= 15 is 0 Å². The molecule has 0 bridgehead atoms. The number of nitrogens with one attached hydrogen (secondary N) is 1. The van der Waals surface area contributed by atoms with Crippen molar-refractivity contribution in [1.82, 2.24) is 10.2 Å². The predicted molar refractivity (Wildman–Crippen MR) is 95.1 cm³/mol. The molecule has 3 rings (SSSR count). The molecule has 3 atom stereocenters. The van der Waals surface area contributed by atoms with Gasteiger partial charge in [0.15, 0.2) is 0 Å². The van der Waals surface area contributed by atoms with Crippen molar-refractivity contribution >= 4 is 0 Å². The highest BCUT2D eigenvalue weighted by molar-refractivity contribution is 4.89. The lowest BCUT2D eigenvalue weighted by molar-refractivity contribution is 0.0936. The fourth-order valence-corrected chi connectivity index (χ4v) is 4.73. The average Bonchev–Trinajstić information content (AvgIpc) is 3.37. The van der Waals surface area contributed by atoms with E-state index in [-0.39, 0.29) is 0 Å². The lowest BCUT2D eigenvalue weighted by Gasteiger charge is -2.42. The van der Waals surface area contributed by atoms with Crippen LogP contribution < -0.4 is 5.32 Å². The zero-order chi connectivity index (χ0) is 15.4. The fourth-order valence-electron chi connectivity index (χ4n) is 4.73. The van der Waals surface area contributed by atoms with Gasteiger partial charge in [-0.2, -0.15) is 0 Å². The standard InChI is InChI=1S/C20H38N2/c1-3-16(2)22-14-19(11-17-9-10-17)12-20(15-22)21-13-18-7-5-4-6-8-18/h16-21H,3-15H2,1-2H3. The van der Waals surface area contributed by atoms with Crippen molar-refractivity contribution in [3.63, 3.8) is 0 Å². The van der Waals surface area contributed by atoms with Crippen LogP contribution in [0.3, 0.4) is 0 Å². The summed E-state index contributed by atoms with van der Waals surface area (Å²) in [5.41, 5.74) is 0. The normalized spacial score (nSPS) is 33.0. The maximum absolute atomic E-state index is 3.98. The quantitative estimate of drug-likeness (QED) is 0.748. The van der Waals surface area contributed by atoms with E-state index in [0.29, 0.717) is 0 Å². The maximum atomic E-state index is 3.98. The first kappa shape index (κ1) is 16.8. The van der Waals surface area contributed by atoms with Gasteiger partial charge in [-0.15, -0.1) is 0 Å². The highest BCUT2D eigenvalue weighted by Gasteiger charge is 2.33. The molecular weight excluding hydrogens is 268 g/mol. The van der Waals surface area contributed by atoms with Crippen LogP contribution in [0.2, 0.25) is 0 Å². The summed E-state index contributed by atoms with van der Waals surface area (Å²) in [6.45, 7) is 8.72. The number of likely N-dealkylation sites (tertiary alicyclic amines) is 1. The molecule has 0 aromatic heterocycles. The van der Waals surface area contributed by atoms with Crippen LogP contribution in [0, 0.1) is 17.8 Å². The highest BCUT2D eigenvalue weighted by Crippen LogP contribution is 2.38. The predicted octanol–water partition coefficient (Wildman–Crippen LogP) is 4.45. The molecule has 0 aromatic rings. The molecule has 2 nitrogen and oxygen atoms in total. The number of hydrogen-bond acceptors (Lipinski definition) is 2. The Hall–Kier alpha value is -0.0800. The van der Waals surface area contributed by atoms with Gasteiger partial charge in [-0.05, 0) is 63.3 Å². The van der Waals surface area contributed by atoms with Crippen molar-refractivity contribution in [3.8, 4) is 0 Å². The van der Waals surface area contributed by atoms with Gasteiger partial charge >= 0.3 is 0 Å². The highest BCUT2D eigenvalue weighted by atomic mass is 15.2.